The molecule has 4 nitrogen and oxygen atoms in total. The fraction of sp³-hybridized carbons (Fsp3) is 0.438. The lowest BCUT2D eigenvalue weighted by atomic mass is 10.1. The van der Waals surface area contributed by atoms with Crippen LogP contribution in [0.3, 0.4) is 0 Å². The van der Waals surface area contributed by atoms with Gasteiger partial charge in [0, 0.05) is 23.5 Å². The van der Waals surface area contributed by atoms with Crippen LogP contribution in [0.4, 0.5) is 0 Å². The minimum Gasteiger partial charge on any atom is -0.461 e. The molecule has 4 heteroatoms. The van der Waals surface area contributed by atoms with Crippen LogP contribution in [0.2, 0.25) is 0 Å². The average Bonchev–Trinajstić information content (AvgIpc) is 2.70. The summed E-state index contributed by atoms with van der Waals surface area (Å²) in [6.45, 7) is 8.36. The van der Waals surface area contributed by atoms with Crippen molar-refractivity contribution in [2.45, 2.75) is 46.3 Å². The summed E-state index contributed by atoms with van der Waals surface area (Å²) in [6, 6.07) is 7.88. The number of hydrogen-bond donors (Lipinski definition) is 2. The summed E-state index contributed by atoms with van der Waals surface area (Å²) in [5.74, 6) is 0.917. The number of para-hydroxylation sites is 1. The van der Waals surface area contributed by atoms with Crippen molar-refractivity contribution in [2.75, 3.05) is 0 Å². The van der Waals surface area contributed by atoms with Gasteiger partial charge in [-0.05, 0) is 33.8 Å². The van der Waals surface area contributed by atoms with E-state index in [4.69, 9.17) is 4.42 Å². The van der Waals surface area contributed by atoms with E-state index in [-0.39, 0.29) is 18.0 Å². The van der Waals surface area contributed by atoms with Gasteiger partial charge in [0.1, 0.15) is 11.3 Å². The molecule has 1 aromatic heterocycles. The lowest BCUT2D eigenvalue weighted by Crippen LogP contribution is -2.44. The molecule has 0 aliphatic rings. The number of fused-ring (bicyclic) bond motifs is 1. The minimum atomic E-state index is -0.231. The SMILES string of the molecule is Cc1oc2ccccc2c1CNC(C)C(=O)NC(C)C. The van der Waals surface area contributed by atoms with Crippen molar-refractivity contribution in [3.05, 3.63) is 35.6 Å². The highest BCUT2D eigenvalue weighted by Gasteiger charge is 2.15. The van der Waals surface area contributed by atoms with Crippen molar-refractivity contribution in [3.8, 4) is 0 Å². The Balaban J connectivity index is 2.06. The number of hydrogen-bond acceptors (Lipinski definition) is 3. The number of amides is 1. The maximum Gasteiger partial charge on any atom is 0.237 e. The van der Waals surface area contributed by atoms with E-state index in [1.54, 1.807) is 0 Å². The molecule has 2 rings (SSSR count). The molecule has 0 aliphatic carbocycles. The highest BCUT2D eigenvalue weighted by Crippen LogP contribution is 2.24. The van der Waals surface area contributed by atoms with Gasteiger partial charge in [-0.3, -0.25) is 4.79 Å². The van der Waals surface area contributed by atoms with Crippen molar-refractivity contribution in [1.82, 2.24) is 10.6 Å². The molecule has 0 aliphatic heterocycles. The molecule has 1 atom stereocenters. The number of aryl methyl sites for hydroxylation is 1. The van der Waals surface area contributed by atoms with E-state index in [9.17, 15) is 4.79 Å². The first-order valence-electron chi connectivity index (χ1n) is 6.99. The molecule has 0 spiro atoms. The Morgan fingerprint density at radius 1 is 1.25 bits per heavy atom. The van der Waals surface area contributed by atoms with E-state index in [1.807, 2.05) is 52.0 Å². The standard InChI is InChI=1S/C16H22N2O2/c1-10(2)18-16(19)11(3)17-9-14-12(4)20-15-8-6-5-7-13(14)15/h5-8,10-11,17H,9H2,1-4H3,(H,18,19). The first-order valence-corrected chi connectivity index (χ1v) is 6.99. The minimum absolute atomic E-state index is 0.0189. The maximum absolute atomic E-state index is 11.9. The van der Waals surface area contributed by atoms with Gasteiger partial charge in [0.05, 0.1) is 6.04 Å². The van der Waals surface area contributed by atoms with Gasteiger partial charge in [0.25, 0.3) is 0 Å². The summed E-state index contributed by atoms with van der Waals surface area (Å²) >= 11 is 0. The molecule has 1 heterocycles. The number of nitrogens with one attached hydrogen (secondary N) is 2. The molecule has 2 aromatic rings. The molecular formula is C16H22N2O2. The zero-order valence-electron chi connectivity index (χ0n) is 12.5. The topological polar surface area (TPSA) is 54.3 Å². The zero-order valence-corrected chi connectivity index (χ0v) is 12.5. The van der Waals surface area contributed by atoms with Crippen LogP contribution in [0.5, 0.6) is 0 Å². The van der Waals surface area contributed by atoms with Gasteiger partial charge in [-0.15, -0.1) is 0 Å². The lowest BCUT2D eigenvalue weighted by Gasteiger charge is -2.15. The van der Waals surface area contributed by atoms with Crippen LogP contribution in [-0.2, 0) is 11.3 Å². The quantitative estimate of drug-likeness (QED) is 0.881. The molecule has 2 N–H and O–H groups in total. The van der Waals surface area contributed by atoms with Crippen molar-refractivity contribution in [3.63, 3.8) is 0 Å². The number of rotatable bonds is 5. The van der Waals surface area contributed by atoms with Crippen molar-refractivity contribution >= 4 is 16.9 Å². The lowest BCUT2D eigenvalue weighted by molar-refractivity contribution is -0.123. The van der Waals surface area contributed by atoms with Crippen LogP contribution in [0.15, 0.2) is 28.7 Å². The van der Waals surface area contributed by atoms with Crippen molar-refractivity contribution < 1.29 is 9.21 Å². The number of carbonyl (C=O) groups excluding carboxylic acids is 1. The predicted molar refractivity (Wildman–Crippen MR) is 80.5 cm³/mol. The summed E-state index contributed by atoms with van der Waals surface area (Å²) in [7, 11) is 0. The van der Waals surface area contributed by atoms with Crippen LogP contribution in [0.1, 0.15) is 32.1 Å². The van der Waals surface area contributed by atoms with E-state index in [0.717, 1.165) is 22.3 Å². The Kier molecular flexibility index (Phi) is 4.45. The van der Waals surface area contributed by atoms with Crippen LogP contribution >= 0.6 is 0 Å². The van der Waals surface area contributed by atoms with Crippen molar-refractivity contribution in [1.29, 1.82) is 0 Å². The fourth-order valence-electron chi connectivity index (χ4n) is 2.20. The summed E-state index contributed by atoms with van der Waals surface area (Å²) in [4.78, 5) is 11.9. The molecule has 0 fully saturated rings. The van der Waals surface area contributed by atoms with Crippen LogP contribution in [-0.4, -0.2) is 18.0 Å². The zero-order chi connectivity index (χ0) is 14.7. The van der Waals surface area contributed by atoms with Gasteiger partial charge in [-0.2, -0.15) is 0 Å². The second kappa shape index (κ2) is 6.09. The van der Waals surface area contributed by atoms with E-state index in [2.05, 4.69) is 10.6 Å². The second-order valence-electron chi connectivity index (χ2n) is 5.40. The molecular weight excluding hydrogens is 252 g/mol. The number of furan rings is 1. The predicted octanol–water partition coefficient (Wildman–Crippen LogP) is 2.74. The van der Waals surface area contributed by atoms with E-state index in [0.29, 0.717) is 6.54 Å². The molecule has 1 unspecified atom stereocenters. The first kappa shape index (κ1) is 14.6. The maximum atomic E-state index is 11.9. The molecule has 0 saturated heterocycles. The van der Waals surface area contributed by atoms with Gasteiger partial charge in [-0.25, -0.2) is 0 Å². The van der Waals surface area contributed by atoms with Crippen LogP contribution in [0, 0.1) is 6.92 Å². The number of benzene rings is 1. The third kappa shape index (κ3) is 3.20. The van der Waals surface area contributed by atoms with E-state index < -0.39 is 0 Å². The van der Waals surface area contributed by atoms with Gasteiger partial charge in [0.2, 0.25) is 5.91 Å². The van der Waals surface area contributed by atoms with Gasteiger partial charge >= 0.3 is 0 Å². The molecule has 1 aromatic carbocycles. The molecule has 0 saturated carbocycles. The molecule has 20 heavy (non-hydrogen) atoms. The van der Waals surface area contributed by atoms with Crippen molar-refractivity contribution in [2.24, 2.45) is 0 Å². The second-order valence-corrected chi connectivity index (χ2v) is 5.40. The molecule has 0 bridgehead atoms. The Morgan fingerprint density at radius 3 is 2.65 bits per heavy atom. The van der Waals surface area contributed by atoms with Gasteiger partial charge < -0.3 is 15.1 Å². The normalized spacial score (nSPS) is 12.8. The Labute approximate surface area is 119 Å². The van der Waals surface area contributed by atoms with Gasteiger partial charge in [-0.1, -0.05) is 18.2 Å². The Morgan fingerprint density at radius 2 is 1.95 bits per heavy atom. The van der Waals surface area contributed by atoms with Crippen LogP contribution < -0.4 is 10.6 Å². The Bertz CT molecular complexity index is 602. The summed E-state index contributed by atoms with van der Waals surface area (Å²) in [6.07, 6.45) is 0. The fourth-order valence-corrected chi connectivity index (χ4v) is 2.20. The highest BCUT2D eigenvalue weighted by molar-refractivity contribution is 5.83. The Hall–Kier alpha value is -1.81. The summed E-state index contributed by atoms with van der Waals surface area (Å²) < 4.78 is 5.72. The first-order chi connectivity index (χ1) is 9.49. The summed E-state index contributed by atoms with van der Waals surface area (Å²) in [5.41, 5.74) is 2.01. The smallest absolute Gasteiger partial charge is 0.237 e. The summed E-state index contributed by atoms with van der Waals surface area (Å²) in [5, 5.41) is 7.26. The van der Waals surface area contributed by atoms with Crippen LogP contribution in [0.25, 0.3) is 11.0 Å². The third-order valence-electron chi connectivity index (χ3n) is 3.31. The van der Waals surface area contributed by atoms with Gasteiger partial charge in [0.15, 0.2) is 0 Å². The molecule has 1 amide bonds. The third-order valence-corrected chi connectivity index (χ3v) is 3.31. The monoisotopic (exact) mass is 274 g/mol. The molecule has 108 valence electrons. The van der Waals surface area contributed by atoms with E-state index >= 15 is 0 Å². The molecule has 0 radical (unpaired) electrons. The largest absolute Gasteiger partial charge is 0.461 e. The average molecular weight is 274 g/mol. The highest BCUT2D eigenvalue weighted by atomic mass is 16.3. The van der Waals surface area contributed by atoms with E-state index in [1.165, 1.54) is 0 Å². The number of carbonyl (C=O) groups is 1.